The topological polar surface area (TPSA) is 58.4 Å². The third-order valence-corrected chi connectivity index (χ3v) is 3.28. The first-order valence-electron chi connectivity index (χ1n) is 3.35. The van der Waals surface area contributed by atoms with Crippen molar-refractivity contribution in [2.45, 2.75) is 0 Å². The quantitative estimate of drug-likeness (QED) is 0.330. The first-order chi connectivity index (χ1) is 6.18. The zero-order valence-electron chi connectivity index (χ0n) is 6.23. The molecule has 1 N–H and O–H groups in total. The van der Waals surface area contributed by atoms with Gasteiger partial charge >= 0.3 is 78.4 Å². The van der Waals surface area contributed by atoms with Crippen LogP contribution in [0.4, 0.5) is 15.9 Å². The second kappa shape index (κ2) is 2.95. The summed E-state index contributed by atoms with van der Waals surface area (Å²) in [7, 11) is 0. The van der Waals surface area contributed by atoms with E-state index in [1.165, 1.54) is 18.2 Å². The van der Waals surface area contributed by atoms with Crippen LogP contribution in [0.1, 0.15) is 0 Å². The van der Waals surface area contributed by atoms with Gasteiger partial charge in [-0.3, -0.25) is 0 Å². The van der Waals surface area contributed by atoms with Gasteiger partial charge in [0.1, 0.15) is 0 Å². The Morgan fingerprint density at radius 1 is 1.62 bits per heavy atom. The SMILES string of the molecule is O=[N+]([O-])c1ccc2c(c1)[Se]NN2F. The van der Waals surface area contributed by atoms with E-state index in [9.17, 15) is 14.6 Å². The molecule has 0 fully saturated rings. The van der Waals surface area contributed by atoms with Gasteiger partial charge in [0.15, 0.2) is 0 Å². The number of anilines is 1. The van der Waals surface area contributed by atoms with Crippen LogP contribution in [0.2, 0.25) is 0 Å². The number of nitro benzene ring substituents is 1. The molecule has 0 amide bonds. The molecule has 1 aromatic rings. The standard InChI is InChI=1S/C6H4FN3O2Se/c7-9-5-2-1-4(10(11)12)3-6(5)13-8-9/h1-3,8H. The van der Waals surface area contributed by atoms with Gasteiger partial charge in [0.25, 0.3) is 0 Å². The zero-order chi connectivity index (χ0) is 9.42. The third kappa shape index (κ3) is 1.37. The van der Waals surface area contributed by atoms with Crippen LogP contribution in [-0.4, -0.2) is 20.1 Å². The van der Waals surface area contributed by atoms with Gasteiger partial charge in [0.2, 0.25) is 0 Å². The molecule has 0 radical (unpaired) electrons. The van der Waals surface area contributed by atoms with Crippen LogP contribution in [0.3, 0.4) is 0 Å². The molecule has 1 heterocycles. The van der Waals surface area contributed by atoms with Gasteiger partial charge in [-0.05, 0) is 0 Å². The van der Waals surface area contributed by atoms with Gasteiger partial charge in [-0.25, -0.2) is 0 Å². The summed E-state index contributed by atoms with van der Waals surface area (Å²) in [6, 6.07) is 4.08. The molecule has 13 heavy (non-hydrogen) atoms. The van der Waals surface area contributed by atoms with Crippen molar-refractivity contribution in [2.75, 3.05) is 5.23 Å². The van der Waals surface area contributed by atoms with Crippen LogP contribution in [0.5, 0.6) is 0 Å². The van der Waals surface area contributed by atoms with Gasteiger partial charge in [-0.2, -0.15) is 0 Å². The Labute approximate surface area is 79.0 Å². The van der Waals surface area contributed by atoms with Crippen molar-refractivity contribution in [1.82, 2.24) is 4.44 Å². The molecule has 0 atom stereocenters. The van der Waals surface area contributed by atoms with E-state index in [4.69, 9.17) is 0 Å². The van der Waals surface area contributed by atoms with Crippen LogP contribution in [0.15, 0.2) is 18.2 Å². The maximum absolute atomic E-state index is 12.8. The van der Waals surface area contributed by atoms with Crippen molar-refractivity contribution in [3.8, 4) is 0 Å². The van der Waals surface area contributed by atoms with Crippen LogP contribution in [-0.2, 0) is 0 Å². The molecule has 0 bridgehead atoms. The number of hydrazine groups is 1. The number of nitrogens with zero attached hydrogens (tertiary/aromatic N) is 2. The Morgan fingerprint density at radius 2 is 2.38 bits per heavy atom. The molecule has 1 aromatic carbocycles. The Bertz CT molecular complexity index is 373. The van der Waals surface area contributed by atoms with Gasteiger partial charge in [0.05, 0.1) is 0 Å². The number of non-ortho nitro benzene ring substituents is 1. The Morgan fingerprint density at radius 3 is 3.08 bits per heavy atom. The van der Waals surface area contributed by atoms with Gasteiger partial charge in [-0.15, -0.1) is 0 Å². The Hall–Kier alpha value is -1.17. The molecule has 5 nitrogen and oxygen atoms in total. The van der Waals surface area contributed by atoms with E-state index in [2.05, 4.69) is 4.44 Å². The summed E-state index contributed by atoms with van der Waals surface area (Å²) in [5.41, 5.74) is 0.364. The summed E-state index contributed by atoms with van der Waals surface area (Å²) in [6.45, 7) is 0. The maximum atomic E-state index is 12.8. The molecule has 0 aliphatic carbocycles. The zero-order valence-corrected chi connectivity index (χ0v) is 7.94. The van der Waals surface area contributed by atoms with Crippen molar-refractivity contribution in [2.24, 2.45) is 0 Å². The normalized spacial score (nSPS) is 14.4. The predicted octanol–water partition coefficient (Wildman–Crippen LogP) is 0.0484. The molecular weight excluding hydrogens is 244 g/mol. The molecule has 68 valence electrons. The van der Waals surface area contributed by atoms with Crippen molar-refractivity contribution in [3.05, 3.63) is 28.3 Å². The van der Waals surface area contributed by atoms with E-state index in [0.29, 0.717) is 15.4 Å². The molecule has 1 aliphatic rings. The van der Waals surface area contributed by atoms with Crippen LogP contribution in [0, 0.1) is 10.1 Å². The van der Waals surface area contributed by atoms with Gasteiger partial charge in [-0.1, -0.05) is 0 Å². The van der Waals surface area contributed by atoms with E-state index in [0.717, 1.165) is 0 Å². The molecular formula is C6H4FN3O2Se. The van der Waals surface area contributed by atoms with Crippen LogP contribution >= 0.6 is 0 Å². The van der Waals surface area contributed by atoms with E-state index < -0.39 is 4.92 Å². The summed E-state index contributed by atoms with van der Waals surface area (Å²) in [4.78, 5) is 9.88. The van der Waals surface area contributed by atoms with E-state index in [1.807, 2.05) is 0 Å². The average Bonchev–Trinajstić information content (AvgIpc) is 2.47. The number of fused-ring (bicyclic) bond motifs is 1. The molecule has 0 spiro atoms. The molecule has 7 heteroatoms. The third-order valence-electron chi connectivity index (χ3n) is 1.60. The molecule has 2 rings (SSSR count). The molecule has 1 aliphatic heterocycles. The number of hydrogen-bond acceptors (Lipinski definition) is 4. The number of rotatable bonds is 1. The fraction of sp³-hybridized carbons (Fsp3) is 0. The van der Waals surface area contributed by atoms with Crippen molar-refractivity contribution < 1.29 is 9.40 Å². The van der Waals surface area contributed by atoms with Crippen molar-refractivity contribution in [3.63, 3.8) is 0 Å². The minimum absolute atomic E-state index is 0.00211. The number of halogens is 1. The summed E-state index contributed by atoms with van der Waals surface area (Å²) >= 11 is -0.254. The minimum atomic E-state index is -0.489. The number of nitrogens with one attached hydrogen (secondary N) is 1. The average molecular weight is 248 g/mol. The van der Waals surface area contributed by atoms with Gasteiger partial charge < -0.3 is 0 Å². The van der Waals surface area contributed by atoms with E-state index >= 15 is 0 Å². The second-order valence-electron chi connectivity index (χ2n) is 2.38. The summed E-state index contributed by atoms with van der Waals surface area (Å²) in [5.74, 6) is 0. The van der Waals surface area contributed by atoms with E-state index in [-0.39, 0.29) is 20.9 Å². The first kappa shape index (κ1) is 8.43. The fourth-order valence-corrected chi connectivity index (χ4v) is 2.49. The fourth-order valence-electron chi connectivity index (χ4n) is 0.999. The summed E-state index contributed by atoms with van der Waals surface area (Å²) in [5, 5.41) is 10.8. The predicted molar refractivity (Wildman–Crippen MR) is 45.2 cm³/mol. The number of benzene rings is 1. The first-order valence-corrected chi connectivity index (χ1v) is 5.06. The van der Waals surface area contributed by atoms with Crippen LogP contribution in [0.25, 0.3) is 0 Å². The molecule has 0 saturated heterocycles. The number of hydrogen-bond donors (Lipinski definition) is 1. The molecule has 0 unspecified atom stereocenters. The molecule has 0 saturated carbocycles. The monoisotopic (exact) mass is 249 g/mol. The van der Waals surface area contributed by atoms with E-state index in [1.54, 1.807) is 0 Å². The second-order valence-corrected chi connectivity index (χ2v) is 4.12. The molecule has 0 aromatic heterocycles. The van der Waals surface area contributed by atoms with Crippen LogP contribution < -0.4 is 14.1 Å². The Balaban J connectivity index is 2.45. The van der Waals surface area contributed by atoms with Crippen molar-refractivity contribution >= 4 is 31.0 Å². The Kier molecular flexibility index (Phi) is 1.91. The summed E-state index contributed by atoms with van der Waals surface area (Å²) in [6.07, 6.45) is 0. The van der Waals surface area contributed by atoms with Crippen molar-refractivity contribution in [1.29, 1.82) is 0 Å². The summed E-state index contributed by atoms with van der Waals surface area (Å²) < 4.78 is 15.9. The number of nitro groups is 1. The van der Waals surface area contributed by atoms with Gasteiger partial charge in [0, 0.05) is 0 Å².